The van der Waals surface area contributed by atoms with Crippen molar-refractivity contribution in [3.05, 3.63) is 58.4 Å². The van der Waals surface area contributed by atoms with E-state index in [0.29, 0.717) is 6.54 Å². The average Bonchev–Trinajstić information content (AvgIpc) is 2.95. The summed E-state index contributed by atoms with van der Waals surface area (Å²) in [7, 11) is 0. The molecular formula is C15H18N4O3. The first-order chi connectivity index (χ1) is 10.4. The van der Waals surface area contributed by atoms with Gasteiger partial charge in [-0.15, -0.1) is 0 Å². The van der Waals surface area contributed by atoms with Crippen LogP contribution in [0.25, 0.3) is 0 Å². The van der Waals surface area contributed by atoms with Crippen molar-refractivity contribution in [3.63, 3.8) is 0 Å². The third-order valence-electron chi connectivity index (χ3n) is 3.42. The molecule has 7 heteroatoms. The van der Waals surface area contributed by atoms with E-state index in [4.69, 9.17) is 0 Å². The van der Waals surface area contributed by atoms with Crippen LogP contribution in [-0.2, 0) is 16.8 Å². The van der Waals surface area contributed by atoms with Gasteiger partial charge in [-0.3, -0.25) is 19.6 Å². The maximum atomic E-state index is 11.9. The Kier molecular flexibility index (Phi) is 4.55. The van der Waals surface area contributed by atoms with Gasteiger partial charge in [-0.2, -0.15) is 5.10 Å². The fourth-order valence-corrected chi connectivity index (χ4v) is 2.05. The number of benzene rings is 1. The molecule has 1 aromatic carbocycles. The highest BCUT2D eigenvalue weighted by atomic mass is 16.6. The van der Waals surface area contributed by atoms with Crippen LogP contribution in [0.1, 0.15) is 19.4 Å². The standard InChI is InChI=1S/C15H18N4O3/c1-15(2,12-6-4-3-5-7-12)11-16-14(20)10-18-9-13(8-17-18)19(21)22/h3-9H,10-11H2,1-2H3,(H,16,20). The molecule has 0 aliphatic rings. The monoisotopic (exact) mass is 302 g/mol. The van der Waals surface area contributed by atoms with Gasteiger partial charge in [-0.05, 0) is 5.56 Å². The second kappa shape index (κ2) is 6.38. The van der Waals surface area contributed by atoms with E-state index < -0.39 is 4.92 Å². The van der Waals surface area contributed by atoms with Gasteiger partial charge in [-0.1, -0.05) is 44.2 Å². The predicted molar refractivity (Wildman–Crippen MR) is 81.4 cm³/mol. The zero-order valence-corrected chi connectivity index (χ0v) is 12.5. The lowest BCUT2D eigenvalue weighted by molar-refractivity contribution is -0.385. The summed E-state index contributed by atoms with van der Waals surface area (Å²) in [6.07, 6.45) is 2.36. The zero-order chi connectivity index (χ0) is 16.2. The van der Waals surface area contributed by atoms with Crippen molar-refractivity contribution in [2.75, 3.05) is 6.54 Å². The first-order valence-electron chi connectivity index (χ1n) is 6.87. The van der Waals surface area contributed by atoms with Crippen LogP contribution in [0.3, 0.4) is 0 Å². The van der Waals surface area contributed by atoms with E-state index in [2.05, 4.69) is 10.4 Å². The van der Waals surface area contributed by atoms with E-state index in [1.807, 2.05) is 44.2 Å². The number of hydrogen-bond donors (Lipinski definition) is 1. The molecule has 0 fully saturated rings. The summed E-state index contributed by atoms with van der Waals surface area (Å²) in [6, 6.07) is 9.90. The molecule has 2 rings (SSSR count). The van der Waals surface area contributed by atoms with Crippen LogP contribution < -0.4 is 5.32 Å². The molecule has 0 atom stereocenters. The summed E-state index contributed by atoms with van der Waals surface area (Å²) in [5.41, 5.74) is 0.801. The minimum Gasteiger partial charge on any atom is -0.354 e. The molecule has 0 saturated carbocycles. The van der Waals surface area contributed by atoms with Crippen molar-refractivity contribution < 1.29 is 9.72 Å². The molecule has 0 saturated heterocycles. The lowest BCUT2D eigenvalue weighted by Crippen LogP contribution is -2.38. The topological polar surface area (TPSA) is 90.1 Å². The second-order valence-corrected chi connectivity index (χ2v) is 5.68. The quantitative estimate of drug-likeness (QED) is 0.651. The number of rotatable bonds is 6. The third kappa shape index (κ3) is 3.91. The zero-order valence-electron chi connectivity index (χ0n) is 12.5. The van der Waals surface area contributed by atoms with Gasteiger partial charge in [-0.25, -0.2) is 0 Å². The van der Waals surface area contributed by atoms with Crippen molar-refractivity contribution in [3.8, 4) is 0 Å². The number of aromatic nitrogens is 2. The molecule has 1 amide bonds. The first-order valence-corrected chi connectivity index (χ1v) is 6.87. The summed E-state index contributed by atoms with van der Waals surface area (Å²) in [5.74, 6) is -0.234. The van der Waals surface area contributed by atoms with Crippen LogP contribution >= 0.6 is 0 Å². The Hall–Kier alpha value is -2.70. The molecule has 0 aliphatic carbocycles. The molecule has 0 radical (unpaired) electrons. The number of nitrogens with zero attached hydrogens (tertiary/aromatic N) is 3. The Morgan fingerprint density at radius 2 is 2.05 bits per heavy atom. The van der Waals surface area contributed by atoms with E-state index in [1.54, 1.807) is 0 Å². The Morgan fingerprint density at radius 3 is 2.64 bits per heavy atom. The van der Waals surface area contributed by atoms with E-state index >= 15 is 0 Å². The van der Waals surface area contributed by atoms with Crippen LogP contribution in [0.4, 0.5) is 5.69 Å². The van der Waals surface area contributed by atoms with Gasteiger partial charge in [0.05, 0.1) is 4.92 Å². The minimum atomic E-state index is -0.542. The summed E-state index contributed by atoms with van der Waals surface area (Å²) in [5, 5.41) is 17.2. The number of hydrogen-bond acceptors (Lipinski definition) is 4. The smallest absolute Gasteiger partial charge is 0.307 e. The first kappa shape index (κ1) is 15.7. The third-order valence-corrected chi connectivity index (χ3v) is 3.42. The molecule has 2 aromatic rings. The molecule has 0 spiro atoms. The molecule has 0 unspecified atom stereocenters. The number of amides is 1. The van der Waals surface area contributed by atoms with Gasteiger partial charge in [0.15, 0.2) is 0 Å². The van der Waals surface area contributed by atoms with Crippen molar-refractivity contribution in [2.45, 2.75) is 25.8 Å². The highest BCUT2D eigenvalue weighted by Crippen LogP contribution is 2.21. The lowest BCUT2D eigenvalue weighted by Gasteiger charge is -2.25. The van der Waals surface area contributed by atoms with Crippen molar-refractivity contribution >= 4 is 11.6 Å². The minimum absolute atomic E-state index is 0.0429. The van der Waals surface area contributed by atoms with Crippen LogP contribution in [0.2, 0.25) is 0 Å². The fourth-order valence-electron chi connectivity index (χ4n) is 2.05. The molecular weight excluding hydrogens is 284 g/mol. The van der Waals surface area contributed by atoms with Crippen molar-refractivity contribution in [1.29, 1.82) is 0 Å². The van der Waals surface area contributed by atoms with Crippen molar-refractivity contribution in [1.82, 2.24) is 15.1 Å². The Labute approximate surface area is 128 Å². The van der Waals surface area contributed by atoms with Crippen LogP contribution in [0.5, 0.6) is 0 Å². The van der Waals surface area contributed by atoms with Crippen LogP contribution in [0, 0.1) is 10.1 Å². The molecule has 22 heavy (non-hydrogen) atoms. The predicted octanol–water partition coefficient (Wildman–Crippen LogP) is 1.89. The summed E-state index contributed by atoms with van der Waals surface area (Å²) >= 11 is 0. The Morgan fingerprint density at radius 1 is 1.36 bits per heavy atom. The van der Waals surface area contributed by atoms with Gasteiger partial charge in [0, 0.05) is 12.0 Å². The molecule has 0 bridgehead atoms. The van der Waals surface area contributed by atoms with E-state index in [9.17, 15) is 14.9 Å². The molecule has 1 aromatic heterocycles. The Balaban J connectivity index is 1.91. The van der Waals surface area contributed by atoms with E-state index in [1.165, 1.54) is 10.9 Å². The van der Waals surface area contributed by atoms with Gasteiger partial charge in [0.2, 0.25) is 5.91 Å². The lowest BCUT2D eigenvalue weighted by atomic mass is 9.84. The average molecular weight is 302 g/mol. The maximum Gasteiger partial charge on any atom is 0.307 e. The molecule has 1 N–H and O–H groups in total. The number of carbonyl (C=O) groups excluding carboxylic acids is 1. The summed E-state index contributed by atoms with van der Waals surface area (Å²) in [4.78, 5) is 22.0. The highest BCUT2D eigenvalue weighted by molar-refractivity contribution is 5.75. The number of carbonyl (C=O) groups is 1. The normalized spacial score (nSPS) is 11.2. The SMILES string of the molecule is CC(C)(CNC(=O)Cn1cc([N+](=O)[O-])cn1)c1ccccc1. The number of nitrogens with one attached hydrogen (secondary N) is 1. The largest absolute Gasteiger partial charge is 0.354 e. The second-order valence-electron chi connectivity index (χ2n) is 5.68. The summed E-state index contributed by atoms with van der Waals surface area (Å²) < 4.78 is 1.25. The van der Waals surface area contributed by atoms with Gasteiger partial charge in [0.25, 0.3) is 0 Å². The van der Waals surface area contributed by atoms with Gasteiger partial charge in [0.1, 0.15) is 18.9 Å². The van der Waals surface area contributed by atoms with Gasteiger partial charge < -0.3 is 5.32 Å². The Bertz CT molecular complexity index is 664. The van der Waals surface area contributed by atoms with E-state index in [0.717, 1.165) is 11.8 Å². The maximum absolute atomic E-state index is 11.9. The molecule has 1 heterocycles. The molecule has 116 valence electrons. The van der Waals surface area contributed by atoms with Crippen molar-refractivity contribution in [2.24, 2.45) is 0 Å². The van der Waals surface area contributed by atoms with E-state index in [-0.39, 0.29) is 23.6 Å². The van der Waals surface area contributed by atoms with Crippen LogP contribution in [-0.4, -0.2) is 27.2 Å². The molecule has 0 aliphatic heterocycles. The summed E-state index contributed by atoms with van der Waals surface area (Å²) in [6.45, 7) is 4.51. The van der Waals surface area contributed by atoms with Crippen LogP contribution in [0.15, 0.2) is 42.7 Å². The fraction of sp³-hybridized carbons (Fsp3) is 0.333. The number of nitro groups is 1. The highest BCUT2D eigenvalue weighted by Gasteiger charge is 2.21. The van der Waals surface area contributed by atoms with Gasteiger partial charge >= 0.3 is 5.69 Å². The molecule has 7 nitrogen and oxygen atoms in total.